The standard InChI is InChI=1S/C16H14BrN3/c17-12-3-1-11-8-13(4-2-10(11)7-12)20-14-5-6-15(18)16(19)9-14/h1-9,20H,18-19H2. The van der Waals surface area contributed by atoms with Crippen LogP contribution in [-0.4, -0.2) is 0 Å². The summed E-state index contributed by atoms with van der Waals surface area (Å²) in [4.78, 5) is 0. The van der Waals surface area contributed by atoms with Gasteiger partial charge >= 0.3 is 0 Å². The predicted octanol–water partition coefficient (Wildman–Crippen LogP) is 4.51. The summed E-state index contributed by atoms with van der Waals surface area (Å²) in [5, 5.41) is 5.71. The molecule has 0 aromatic heterocycles. The molecule has 0 radical (unpaired) electrons. The fourth-order valence-corrected chi connectivity index (χ4v) is 2.49. The Hall–Kier alpha value is -2.20. The molecule has 3 aromatic rings. The van der Waals surface area contributed by atoms with E-state index in [-0.39, 0.29) is 0 Å². The van der Waals surface area contributed by atoms with Crippen LogP contribution in [0.1, 0.15) is 0 Å². The van der Waals surface area contributed by atoms with Crippen molar-refractivity contribution in [2.24, 2.45) is 0 Å². The number of nitrogens with one attached hydrogen (secondary N) is 1. The third kappa shape index (κ3) is 2.56. The van der Waals surface area contributed by atoms with E-state index in [1.165, 1.54) is 10.8 Å². The maximum Gasteiger partial charge on any atom is 0.0568 e. The van der Waals surface area contributed by atoms with E-state index in [1.54, 1.807) is 6.07 Å². The summed E-state index contributed by atoms with van der Waals surface area (Å²) in [5.74, 6) is 0. The average molecular weight is 328 g/mol. The zero-order chi connectivity index (χ0) is 14.1. The molecule has 0 unspecified atom stereocenters. The van der Waals surface area contributed by atoms with Gasteiger partial charge in [-0.15, -0.1) is 0 Å². The van der Waals surface area contributed by atoms with Gasteiger partial charge in [0, 0.05) is 15.8 Å². The molecule has 0 aliphatic heterocycles. The summed E-state index contributed by atoms with van der Waals surface area (Å²) in [7, 11) is 0. The van der Waals surface area contributed by atoms with Gasteiger partial charge in [-0.3, -0.25) is 0 Å². The maximum atomic E-state index is 5.81. The highest BCUT2D eigenvalue weighted by molar-refractivity contribution is 9.10. The molecule has 0 saturated carbocycles. The van der Waals surface area contributed by atoms with E-state index in [0.29, 0.717) is 11.4 Å². The highest BCUT2D eigenvalue weighted by atomic mass is 79.9. The fraction of sp³-hybridized carbons (Fsp3) is 0. The first-order chi connectivity index (χ1) is 9.61. The number of hydrogen-bond donors (Lipinski definition) is 3. The first-order valence-electron chi connectivity index (χ1n) is 6.23. The second kappa shape index (κ2) is 5.06. The molecule has 3 nitrogen and oxygen atoms in total. The summed E-state index contributed by atoms with van der Waals surface area (Å²) >= 11 is 3.48. The number of fused-ring (bicyclic) bond motifs is 1. The van der Waals surface area contributed by atoms with Gasteiger partial charge in [-0.2, -0.15) is 0 Å². The fourth-order valence-electron chi connectivity index (χ4n) is 2.11. The van der Waals surface area contributed by atoms with Gasteiger partial charge in [-0.05, 0) is 53.2 Å². The molecule has 3 rings (SSSR count). The van der Waals surface area contributed by atoms with Crippen molar-refractivity contribution in [3.05, 3.63) is 59.1 Å². The lowest BCUT2D eigenvalue weighted by Gasteiger charge is -2.09. The molecule has 20 heavy (non-hydrogen) atoms. The van der Waals surface area contributed by atoms with Crippen molar-refractivity contribution >= 4 is 49.5 Å². The van der Waals surface area contributed by atoms with Gasteiger partial charge in [0.1, 0.15) is 0 Å². The molecule has 100 valence electrons. The Balaban J connectivity index is 1.94. The molecule has 0 saturated heterocycles. The molecule has 0 amide bonds. The van der Waals surface area contributed by atoms with Crippen LogP contribution in [0.2, 0.25) is 0 Å². The van der Waals surface area contributed by atoms with Crippen LogP contribution in [0, 0.1) is 0 Å². The van der Waals surface area contributed by atoms with Crippen LogP contribution in [0.3, 0.4) is 0 Å². The third-order valence-corrected chi connectivity index (χ3v) is 3.67. The summed E-state index contributed by atoms with van der Waals surface area (Å²) in [6, 6.07) is 18.0. The molecule has 0 fully saturated rings. The van der Waals surface area contributed by atoms with Crippen molar-refractivity contribution in [1.29, 1.82) is 0 Å². The lowest BCUT2D eigenvalue weighted by atomic mass is 10.1. The van der Waals surface area contributed by atoms with Gasteiger partial charge in [-0.1, -0.05) is 28.1 Å². The Labute approximate surface area is 125 Å². The molecular formula is C16H14BrN3. The molecule has 0 aliphatic carbocycles. The molecule has 3 aromatic carbocycles. The smallest absolute Gasteiger partial charge is 0.0568 e. The van der Waals surface area contributed by atoms with E-state index in [2.05, 4.69) is 45.5 Å². The summed E-state index contributed by atoms with van der Waals surface area (Å²) in [6.07, 6.45) is 0. The van der Waals surface area contributed by atoms with Gasteiger partial charge in [0.2, 0.25) is 0 Å². The topological polar surface area (TPSA) is 64.1 Å². The lowest BCUT2D eigenvalue weighted by Crippen LogP contribution is -1.96. The first kappa shape index (κ1) is 12.8. The maximum absolute atomic E-state index is 5.81. The van der Waals surface area contributed by atoms with Crippen molar-refractivity contribution in [3.63, 3.8) is 0 Å². The number of halogens is 1. The van der Waals surface area contributed by atoms with Crippen LogP contribution in [0.25, 0.3) is 10.8 Å². The molecule has 0 aliphatic rings. The van der Waals surface area contributed by atoms with Crippen molar-refractivity contribution in [1.82, 2.24) is 0 Å². The molecule has 0 bridgehead atoms. The van der Waals surface area contributed by atoms with E-state index < -0.39 is 0 Å². The largest absolute Gasteiger partial charge is 0.397 e. The zero-order valence-electron chi connectivity index (χ0n) is 10.7. The first-order valence-corrected chi connectivity index (χ1v) is 7.02. The minimum absolute atomic E-state index is 0.583. The molecule has 0 heterocycles. The van der Waals surface area contributed by atoms with Crippen molar-refractivity contribution < 1.29 is 0 Å². The Morgan fingerprint density at radius 3 is 2.15 bits per heavy atom. The average Bonchev–Trinajstić information content (AvgIpc) is 2.43. The van der Waals surface area contributed by atoms with Crippen LogP contribution in [-0.2, 0) is 0 Å². The van der Waals surface area contributed by atoms with Crippen LogP contribution < -0.4 is 16.8 Å². The summed E-state index contributed by atoms with van der Waals surface area (Å²) < 4.78 is 1.08. The van der Waals surface area contributed by atoms with Crippen LogP contribution >= 0.6 is 15.9 Å². The Morgan fingerprint density at radius 2 is 1.35 bits per heavy atom. The third-order valence-electron chi connectivity index (χ3n) is 3.18. The van der Waals surface area contributed by atoms with Gasteiger partial charge < -0.3 is 16.8 Å². The number of rotatable bonds is 2. The highest BCUT2D eigenvalue weighted by Gasteiger charge is 2.00. The number of nitrogen functional groups attached to an aromatic ring is 2. The number of anilines is 4. The van der Waals surface area contributed by atoms with Crippen LogP contribution in [0.4, 0.5) is 22.7 Å². The van der Waals surface area contributed by atoms with E-state index in [1.807, 2.05) is 24.3 Å². The van der Waals surface area contributed by atoms with Gasteiger partial charge in [-0.25, -0.2) is 0 Å². The molecule has 4 heteroatoms. The SMILES string of the molecule is Nc1ccc(Nc2ccc3cc(Br)ccc3c2)cc1N. The van der Waals surface area contributed by atoms with E-state index in [4.69, 9.17) is 11.5 Å². The monoisotopic (exact) mass is 327 g/mol. The lowest BCUT2D eigenvalue weighted by molar-refractivity contribution is 1.56. The number of benzene rings is 3. The van der Waals surface area contributed by atoms with E-state index in [0.717, 1.165) is 15.8 Å². The van der Waals surface area contributed by atoms with Crippen molar-refractivity contribution in [3.8, 4) is 0 Å². The minimum Gasteiger partial charge on any atom is -0.397 e. The normalized spacial score (nSPS) is 10.7. The second-order valence-electron chi connectivity index (χ2n) is 4.67. The Kier molecular flexibility index (Phi) is 3.24. The highest BCUT2D eigenvalue weighted by Crippen LogP contribution is 2.26. The van der Waals surface area contributed by atoms with Crippen LogP contribution in [0.5, 0.6) is 0 Å². The zero-order valence-corrected chi connectivity index (χ0v) is 12.3. The molecule has 0 atom stereocenters. The molecule has 0 spiro atoms. The van der Waals surface area contributed by atoms with Gasteiger partial charge in [0.05, 0.1) is 11.4 Å². The quantitative estimate of drug-likeness (QED) is 0.607. The minimum atomic E-state index is 0.583. The number of hydrogen-bond acceptors (Lipinski definition) is 3. The van der Waals surface area contributed by atoms with E-state index >= 15 is 0 Å². The molecule has 5 N–H and O–H groups in total. The molecular weight excluding hydrogens is 314 g/mol. The summed E-state index contributed by atoms with van der Waals surface area (Å²) in [5.41, 5.74) is 14.6. The van der Waals surface area contributed by atoms with Crippen LogP contribution in [0.15, 0.2) is 59.1 Å². The second-order valence-corrected chi connectivity index (χ2v) is 5.59. The predicted molar refractivity (Wildman–Crippen MR) is 90.2 cm³/mol. The Bertz CT molecular complexity index is 784. The van der Waals surface area contributed by atoms with Gasteiger partial charge in [0.15, 0.2) is 0 Å². The number of nitrogens with two attached hydrogens (primary N) is 2. The van der Waals surface area contributed by atoms with Crippen molar-refractivity contribution in [2.75, 3.05) is 16.8 Å². The Morgan fingerprint density at radius 1 is 0.700 bits per heavy atom. The van der Waals surface area contributed by atoms with Gasteiger partial charge in [0.25, 0.3) is 0 Å². The van der Waals surface area contributed by atoms with Crippen molar-refractivity contribution in [2.45, 2.75) is 0 Å². The summed E-state index contributed by atoms with van der Waals surface area (Å²) in [6.45, 7) is 0. The van der Waals surface area contributed by atoms with E-state index in [9.17, 15) is 0 Å².